The summed E-state index contributed by atoms with van der Waals surface area (Å²) < 4.78 is 10.3. The first-order valence-electron chi connectivity index (χ1n) is 3.05. The number of hydrogen-bond acceptors (Lipinski definition) is 1. The molecule has 9 heavy (non-hydrogen) atoms. The van der Waals surface area contributed by atoms with E-state index in [9.17, 15) is 4.57 Å². The first-order valence-corrected chi connectivity index (χ1v) is 4.61. The monoisotopic (exact) mass is 148 g/mol. The van der Waals surface area contributed by atoms with Crippen molar-refractivity contribution >= 4 is 8.03 Å². The molecule has 0 aromatic carbocycles. The third kappa shape index (κ3) is 4.43. The second-order valence-electron chi connectivity index (χ2n) is 2.00. The maximum Gasteiger partial charge on any atom is 0.189 e. The number of allylic oxidation sites excluding steroid dienone is 1. The summed E-state index contributed by atoms with van der Waals surface area (Å²) in [4.78, 5) is 8.48. The minimum absolute atomic E-state index is 0.224. The van der Waals surface area contributed by atoms with Crippen molar-refractivity contribution in [1.82, 2.24) is 0 Å². The SMILES string of the molecule is C=CC(CC)C[PH](=O)O. The zero-order chi connectivity index (χ0) is 7.28. The van der Waals surface area contributed by atoms with Crippen molar-refractivity contribution < 1.29 is 9.46 Å². The van der Waals surface area contributed by atoms with E-state index in [1.54, 1.807) is 6.08 Å². The van der Waals surface area contributed by atoms with E-state index in [1.165, 1.54) is 0 Å². The summed E-state index contributed by atoms with van der Waals surface area (Å²) in [6.07, 6.45) is 3.03. The van der Waals surface area contributed by atoms with Gasteiger partial charge in [-0.1, -0.05) is 13.0 Å². The Morgan fingerprint density at radius 2 is 2.44 bits per heavy atom. The van der Waals surface area contributed by atoms with Gasteiger partial charge in [0.15, 0.2) is 8.03 Å². The fourth-order valence-corrected chi connectivity index (χ4v) is 1.52. The molecule has 0 aromatic rings. The zero-order valence-electron chi connectivity index (χ0n) is 5.63. The molecule has 54 valence electrons. The molecular formula is C6H13O2P. The molecule has 0 heterocycles. The molecule has 0 aliphatic rings. The lowest BCUT2D eigenvalue weighted by Gasteiger charge is -2.04. The summed E-state index contributed by atoms with van der Waals surface area (Å²) in [6.45, 7) is 5.53. The van der Waals surface area contributed by atoms with Crippen LogP contribution in [0.3, 0.4) is 0 Å². The summed E-state index contributed by atoms with van der Waals surface area (Å²) >= 11 is 0. The van der Waals surface area contributed by atoms with E-state index in [0.29, 0.717) is 6.16 Å². The summed E-state index contributed by atoms with van der Waals surface area (Å²) in [5.74, 6) is 0.224. The summed E-state index contributed by atoms with van der Waals surface area (Å²) in [6, 6.07) is 0. The maximum absolute atomic E-state index is 10.3. The van der Waals surface area contributed by atoms with Gasteiger partial charge in [0.05, 0.1) is 0 Å². The largest absolute Gasteiger partial charge is 0.346 e. The van der Waals surface area contributed by atoms with Crippen LogP contribution in [0.2, 0.25) is 0 Å². The number of hydrogen-bond donors (Lipinski definition) is 1. The van der Waals surface area contributed by atoms with Crippen LogP contribution in [0.4, 0.5) is 0 Å². The van der Waals surface area contributed by atoms with Crippen molar-refractivity contribution in [2.75, 3.05) is 6.16 Å². The van der Waals surface area contributed by atoms with Crippen LogP contribution in [0.25, 0.3) is 0 Å². The predicted octanol–water partition coefficient (Wildman–Crippen LogP) is 1.67. The van der Waals surface area contributed by atoms with Gasteiger partial charge in [-0.2, -0.15) is 0 Å². The van der Waals surface area contributed by atoms with Crippen LogP contribution in [0.15, 0.2) is 12.7 Å². The molecule has 3 heteroatoms. The molecule has 0 saturated carbocycles. The van der Waals surface area contributed by atoms with Crippen molar-refractivity contribution in [3.05, 3.63) is 12.7 Å². The molecule has 0 amide bonds. The zero-order valence-corrected chi connectivity index (χ0v) is 6.63. The molecule has 2 atom stereocenters. The highest BCUT2D eigenvalue weighted by Gasteiger charge is 2.02. The number of rotatable bonds is 4. The Hall–Kier alpha value is -0.0700. The highest BCUT2D eigenvalue weighted by molar-refractivity contribution is 7.38. The van der Waals surface area contributed by atoms with Gasteiger partial charge < -0.3 is 4.89 Å². The van der Waals surface area contributed by atoms with Gasteiger partial charge >= 0.3 is 0 Å². The second-order valence-corrected chi connectivity index (χ2v) is 3.20. The second kappa shape index (κ2) is 4.78. The Bertz CT molecular complexity index is 112. The lowest BCUT2D eigenvalue weighted by molar-refractivity contribution is 0.493. The molecular weight excluding hydrogens is 135 g/mol. The smallest absolute Gasteiger partial charge is 0.189 e. The van der Waals surface area contributed by atoms with Crippen LogP contribution < -0.4 is 0 Å². The minimum Gasteiger partial charge on any atom is -0.346 e. The van der Waals surface area contributed by atoms with Crippen LogP contribution in [-0.4, -0.2) is 11.1 Å². The van der Waals surface area contributed by atoms with Crippen LogP contribution in [0.1, 0.15) is 13.3 Å². The van der Waals surface area contributed by atoms with Crippen molar-refractivity contribution in [1.29, 1.82) is 0 Å². The van der Waals surface area contributed by atoms with Crippen LogP contribution in [0.5, 0.6) is 0 Å². The topological polar surface area (TPSA) is 37.3 Å². The van der Waals surface area contributed by atoms with E-state index in [0.717, 1.165) is 6.42 Å². The normalized spacial score (nSPS) is 16.7. The van der Waals surface area contributed by atoms with Gasteiger partial charge in [0.25, 0.3) is 0 Å². The van der Waals surface area contributed by atoms with E-state index in [-0.39, 0.29) is 5.92 Å². The molecule has 2 unspecified atom stereocenters. The van der Waals surface area contributed by atoms with Crippen molar-refractivity contribution in [2.24, 2.45) is 5.92 Å². The van der Waals surface area contributed by atoms with Gasteiger partial charge in [-0.3, -0.25) is 4.57 Å². The Morgan fingerprint density at radius 3 is 2.56 bits per heavy atom. The molecule has 0 aliphatic carbocycles. The fourth-order valence-electron chi connectivity index (χ4n) is 0.619. The van der Waals surface area contributed by atoms with Crippen molar-refractivity contribution in [3.63, 3.8) is 0 Å². The molecule has 0 rings (SSSR count). The van der Waals surface area contributed by atoms with E-state index < -0.39 is 8.03 Å². The Kier molecular flexibility index (Phi) is 4.74. The molecule has 0 spiro atoms. The van der Waals surface area contributed by atoms with Crippen molar-refractivity contribution in [3.8, 4) is 0 Å². The van der Waals surface area contributed by atoms with E-state index in [4.69, 9.17) is 4.89 Å². The summed E-state index contributed by atoms with van der Waals surface area (Å²) in [7, 11) is -2.28. The molecule has 2 nitrogen and oxygen atoms in total. The highest BCUT2D eigenvalue weighted by Crippen LogP contribution is 2.20. The van der Waals surface area contributed by atoms with E-state index >= 15 is 0 Å². The third-order valence-corrected chi connectivity index (χ3v) is 2.17. The molecule has 1 N–H and O–H groups in total. The standard InChI is InChI=1S/C6H13O2P/c1-3-6(4-2)5-9(7)8/h3,6,9H,1,4-5H2,2H3,(H,7,8). The Morgan fingerprint density at radius 1 is 1.89 bits per heavy atom. The van der Waals surface area contributed by atoms with E-state index in [1.807, 2.05) is 6.92 Å². The summed E-state index contributed by atoms with van der Waals surface area (Å²) in [5.41, 5.74) is 0. The molecule has 0 saturated heterocycles. The average molecular weight is 148 g/mol. The quantitative estimate of drug-likeness (QED) is 0.486. The van der Waals surface area contributed by atoms with Gasteiger partial charge in [0.1, 0.15) is 0 Å². The third-order valence-electron chi connectivity index (χ3n) is 1.29. The van der Waals surface area contributed by atoms with Crippen LogP contribution in [0, 0.1) is 5.92 Å². The van der Waals surface area contributed by atoms with Crippen molar-refractivity contribution in [2.45, 2.75) is 13.3 Å². The lowest BCUT2D eigenvalue weighted by atomic mass is 10.1. The maximum atomic E-state index is 10.3. The van der Waals surface area contributed by atoms with Gasteiger partial charge in [0.2, 0.25) is 0 Å². The minimum atomic E-state index is -2.28. The Balaban J connectivity index is 3.55. The Labute approximate surface area is 56.5 Å². The van der Waals surface area contributed by atoms with Gasteiger partial charge in [-0.15, -0.1) is 6.58 Å². The first-order chi connectivity index (χ1) is 4.20. The molecule has 0 fully saturated rings. The summed E-state index contributed by atoms with van der Waals surface area (Å²) in [5, 5.41) is 0. The molecule has 0 aliphatic heterocycles. The molecule has 0 radical (unpaired) electrons. The van der Waals surface area contributed by atoms with E-state index in [2.05, 4.69) is 6.58 Å². The van der Waals surface area contributed by atoms with Gasteiger partial charge in [0, 0.05) is 6.16 Å². The van der Waals surface area contributed by atoms with Crippen LogP contribution in [-0.2, 0) is 4.57 Å². The fraction of sp³-hybridized carbons (Fsp3) is 0.667. The van der Waals surface area contributed by atoms with Gasteiger partial charge in [-0.25, -0.2) is 0 Å². The molecule has 0 aromatic heterocycles. The lowest BCUT2D eigenvalue weighted by Crippen LogP contribution is -1.96. The van der Waals surface area contributed by atoms with Gasteiger partial charge in [-0.05, 0) is 12.3 Å². The average Bonchev–Trinajstić information content (AvgIpc) is 1.82. The van der Waals surface area contributed by atoms with Crippen LogP contribution >= 0.6 is 8.03 Å². The molecule has 0 bridgehead atoms. The first kappa shape index (κ1) is 8.93. The predicted molar refractivity (Wildman–Crippen MR) is 40.1 cm³/mol. The highest BCUT2D eigenvalue weighted by atomic mass is 31.1.